The van der Waals surface area contributed by atoms with Gasteiger partial charge in [-0.25, -0.2) is 0 Å². The van der Waals surface area contributed by atoms with E-state index in [0.717, 1.165) is 6.92 Å². The third kappa shape index (κ3) is 4.38. The first kappa shape index (κ1) is 11.5. The highest BCUT2D eigenvalue weighted by Crippen LogP contribution is 2.27. The Morgan fingerprint density at radius 2 is 2.08 bits per heavy atom. The summed E-state index contributed by atoms with van der Waals surface area (Å²) in [4.78, 5) is 20.2. The SMILES string of the molecule is CC(=O)SCC(C=O)C(F)(F)F. The quantitative estimate of drug-likeness (QED) is 0.649. The largest absolute Gasteiger partial charge is 0.399 e. The van der Waals surface area contributed by atoms with Crippen LogP contribution in [0.4, 0.5) is 13.2 Å². The van der Waals surface area contributed by atoms with Crippen molar-refractivity contribution in [3.05, 3.63) is 0 Å². The number of carbonyl (C=O) groups excluding carboxylic acids is 2. The lowest BCUT2D eigenvalue weighted by Gasteiger charge is -2.12. The van der Waals surface area contributed by atoms with E-state index in [-0.39, 0.29) is 6.29 Å². The van der Waals surface area contributed by atoms with E-state index < -0.39 is 23.0 Å². The first-order chi connectivity index (χ1) is 5.38. The van der Waals surface area contributed by atoms with Gasteiger partial charge in [0.2, 0.25) is 0 Å². The van der Waals surface area contributed by atoms with Crippen LogP contribution in [0, 0.1) is 5.92 Å². The van der Waals surface area contributed by atoms with Crippen LogP contribution in [0.2, 0.25) is 0 Å². The second kappa shape index (κ2) is 4.49. The zero-order valence-corrected chi connectivity index (χ0v) is 7.04. The molecule has 0 saturated heterocycles. The molecule has 2 nitrogen and oxygen atoms in total. The number of hydrogen-bond acceptors (Lipinski definition) is 3. The van der Waals surface area contributed by atoms with Gasteiger partial charge in [-0.1, -0.05) is 11.8 Å². The van der Waals surface area contributed by atoms with Crippen LogP contribution in [0.3, 0.4) is 0 Å². The van der Waals surface area contributed by atoms with E-state index >= 15 is 0 Å². The second-order valence-electron chi connectivity index (χ2n) is 2.09. The zero-order valence-electron chi connectivity index (χ0n) is 6.22. The summed E-state index contributed by atoms with van der Waals surface area (Å²) in [5.41, 5.74) is 0. The molecule has 0 heterocycles. The molecular weight excluding hydrogens is 193 g/mol. The van der Waals surface area contributed by atoms with Crippen LogP contribution < -0.4 is 0 Å². The molecule has 0 N–H and O–H groups in total. The van der Waals surface area contributed by atoms with Gasteiger partial charge >= 0.3 is 6.18 Å². The Hall–Kier alpha value is -0.520. The van der Waals surface area contributed by atoms with Crippen molar-refractivity contribution in [3.63, 3.8) is 0 Å². The van der Waals surface area contributed by atoms with Crippen LogP contribution in [0.25, 0.3) is 0 Å². The van der Waals surface area contributed by atoms with Crippen LogP contribution in [-0.2, 0) is 9.59 Å². The number of hydrogen-bond donors (Lipinski definition) is 0. The van der Waals surface area contributed by atoms with Gasteiger partial charge in [0.15, 0.2) is 5.12 Å². The first-order valence-corrected chi connectivity index (χ1v) is 4.02. The zero-order chi connectivity index (χ0) is 9.78. The fourth-order valence-corrected chi connectivity index (χ4v) is 1.10. The number of aldehydes is 1. The Morgan fingerprint density at radius 1 is 1.58 bits per heavy atom. The molecule has 0 aromatic carbocycles. The molecule has 0 aromatic heterocycles. The maximum absolute atomic E-state index is 11.8. The summed E-state index contributed by atoms with van der Waals surface area (Å²) >= 11 is 0.501. The molecule has 0 aliphatic rings. The van der Waals surface area contributed by atoms with E-state index in [2.05, 4.69) is 0 Å². The predicted octanol–water partition coefficient (Wildman–Crippen LogP) is 1.64. The van der Waals surface area contributed by atoms with Gasteiger partial charge in [0, 0.05) is 12.7 Å². The van der Waals surface area contributed by atoms with E-state index in [9.17, 15) is 22.8 Å². The summed E-state index contributed by atoms with van der Waals surface area (Å²) in [6.45, 7) is 1.16. The molecular formula is C6H7F3O2S. The lowest BCUT2D eigenvalue weighted by atomic mass is 10.2. The highest BCUT2D eigenvalue weighted by Gasteiger charge is 2.39. The molecule has 0 aliphatic heterocycles. The van der Waals surface area contributed by atoms with Gasteiger partial charge in [-0.15, -0.1) is 0 Å². The van der Waals surface area contributed by atoms with Crippen molar-refractivity contribution >= 4 is 23.2 Å². The Balaban J connectivity index is 4.01. The molecule has 1 atom stereocenters. The van der Waals surface area contributed by atoms with Crippen molar-refractivity contribution in [3.8, 4) is 0 Å². The van der Waals surface area contributed by atoms with Crippen molar-refractivity contribution in [2.24, 2.45) is 5.92 Å². The molecule has 0 radical (unpaired) electrons. The molecule has 0 aromatic rings. The Labute approximate surface area is 71.5 Å². The Morgan fingerprint density at radius 3 is 2.33 bits per heavy atom. The van der Waals surface area contributed by atoms with E-state index in [1.54, 1.807) is 0 Å². The average molecular weight is 200 g/mol. The fraction of sp³-hybridized carbons (Fsp3) is 0.667. The standard InChI is InChI=1S/C6H7F3O2S/c1-4(11)12-3-5(2-10)6(7,8)9/h2,5H,3H2,1H3. The minimum atomic E-state index is -4.54. The predicted molar refractivity (Wildman–Crippen MR) is 38.7 cm³/mol. The Kier molecular flexibility index (Phi) is 4.30. The maximum atomic E-state index is 11.8. The van der Waals surface area contributed by atoms with Crippen molar-refractivity contribution in [1.29, 1.82) is 0 Å². The molecule has 0 rings (SSSR count). The number of alkyl halides is 3. The van der Waals surface area contributed by atoms with E-state index in [1.807, 2.05) is 0 Å². The van der Waals surface area contributed by atoms with Gasteiger partial charge in [0.05, 0.1) is 0 Å². The van der Waals surface area contributed by atoms with Gasteiger partial charge in [-0.3, -0.25) is 4.79 Å². The van der Waals surface area contributed by atoms with Crippen molar-refractivity contribution in [2.75, 3.05) is 5.75 Å². The molecule has 0 amide bonds. The summed E-state index contributed by atoms with van der Waals surface area (Å²) in [5, 5.41) is -0.425. The number of halogens is 3. The van der Waals surface area contributed by atoms with Crippen LogP contribution in [0.5, 0.6) is 0 Å². The highest BCUT2D eigenvalue weighted by atomic mass is 32.2. The molecule has 0 saturated carbocycles. The second-order valence-corrected chi connectivity index (χ2v) is 3.28. The van der Waals surface area contributed by atoms with E-state index in [1.165, 1.54) is 0 Å². The van der Waals surface area contributed by atoms with Crippen LogP contribution in [-0.4, -0.2) is 23.3 Å². The van der Waals surface area contributed by atoms with E-state index in [4.69, 9.17) is 0 Å². The minimum Gasteiger partial charge on any atom is -0.303 e. The van der Waals surface area contributed by atoms with Gasteiger partial charge in [0.25, 0.3) is 0 Å². The van der Waals surface area contributed by atoms with E-state index in [0.29, 0.717) is 11.8 Å². The van der Waals surface area contributed by atoms with Crippen molar-refractivity contribution in [1.82, 2.24) is 0 Å². The molecule has 1 unspecified atom stereocenters. The maximum Gasteiger partial charge on any atom is 0.399 e. The molecule has 0 spiro atoms. The average Bonchev–Trinajstić information content (AvgIpc) is 1.85. The van der Waals surface area contributed by atoms with Crippen LogP contribution >= 0.6 is 11.8 Å². The van der Waals surface area contributed by atoms with Gasteiger partial charge in [0.1, 0.15) is 12.2 Å². The van der Waals surface area contributed by atoms with Gasteiger partial charge in [-0.2, -0.15) is 13.2 Å². The summed E-state index contributed by atoms with van der Waals surface area (Å²) in [7, 11) is 0. The Bertz CT molecular complexity index is 178. The monoisotopic (exact) mass is 200 g/mol. The third-order valence-electron chi connectivity index (χ3n) is 1.05. The molecule has 12 heavy (non-hydrogen) atoms. The lowest BCUT2D eigenvalue weighted by Crippen LogP contribution is -2.26. The molecule has 0 bridgehead atoms. The molecule has 6 heteroatoms. The third-order valence-corrected chi connectivity index (χ3v) is 1.98. The molecule has 70 valence electrons. The topological polar surface area (TPSA) is 34.1 Å². The fourth-order valence-electron chi connectivity index (χ4n) is 0.418. The summed E-state index contributed by atoms with van der Waals surface area (Å²) in [6.07, 6.45) is -4.72. The highest BCUT2D eigenvalue weighted by molar-refractivity contribution is 8.13. The van der Waals surface area contributed by atoms with Crippen LogP contribution in [0.1, 0.15) is 6.92 Å². The van der Waals surface area contributed by atoms with Crippen molar-refractivity contribution < 1.29 is 22.8 Å². The van der Waals surface area contributed by atoms with Gasteiger partial charge in [-0.05, 0) is 0 Å². The summed E-state index contributed by atoms with van der Waals surface area (Å²) in [6, 6.07) is 0. The van der Waals surface area contributed by atoms with Gasteiger partial charge < -0.3 is 4.79 Å². The number of rotatable bonds is 3. The van der Waals surface area contributed by atoms with Crippen LogP contribution in [0.15, 0.2) is 0 Å². The summed E-state index contributed by atoms with van der Waals surface area (Å²) in [5.74, 6) is -2.56. The first-order valence-electron chi connectivity index (χ1n) is 3.03. The molecule has 0 fully saturated rings. The van der Waals surface area contributed by atoms with Crippen molar-refractivity contribution in [2.45, 2.75) is 13.1 Å². The number of carbonyl (C=O) groups is 2. The number of thioether (sulfide) groups is 1. The normalized spacial score (nSPS) is 14.0. The lowest BCUT2D eigenvalue weighted by molar-refractivity contribution is -0.169. The smallest absolute Gasteiger partial charge is 0.303 e. The molecule has 0 aliphatic carbocycles. The summed E-state index contributed by atoms with van der Waals surface area (Å²) < 4.78 is 35.4. The minimum absolute atomic E-state index is 0.185.